The maximum atomic E-state index is 10.5. The van der Waals surface area contributed by atoms with Crippen molar-refractivity contribution in [3.8, 4) is 5.75 Å². The van der Waals surface area contributed by atoms with Crippen molar-refractivity contribution in [2.24, 2.45) is 5.92 Å². The summed E-state index contributed by atoms with van der Waals surface area (Å²) in [6.45, 7) is 4.37. The first-order valence-electron chi connectivity index (χ1n) is 7.11. The van der Waals surface area contributed by atoms with Crippen LogP contribution in [0.1, 0.15) is 36.6 Å². The van der Waals surface area contributed by atoms with Crippen molar-refractivity contribution in [2.75, 3.05) is 7.11 Å². The molecule has 0 fully saturated rings. The number of aliphatic hydroxyl groups excluding tert-OH is 1. The molecule has 0 aliphatic rings. The Balaban J connectivity index is 2.27. The predicted octanol–water partition coefficient (Wildman–Crippen LogP) is 4.63. The molecule has 0 saturated carbocycles. The predicted molar refractivity (Wildman–Crippen MR) is 87.0 cm³/mol. The van der Waals surface area contributed by atoms with E-state index >= 15 is 0 Å². The Labute approximate surface area is 131 Å². The summed E-state index contributed by atoms with van der Waals surface area (Å²) < 4.78 is 5.13. The van der Waals surface area contributed by atoms with Crippen LogP contribution in [-0.4, -0.2) is 12.2 Å². The van der Waals surface area contributed by atoms with Gasteiger partial charge in [-0.3, -0.25) is 0 Å². The van der Waals surface area contributed by atoms with Gasteiger partial charge in [0.15, 0.2) is 0 Å². The number of ether oxygens (including phenoxy) is 1. The van der Waals surface area contributed by atoms with Gasteiger partial charge in [0.25, 0.3) is 0 Å². The van der Waals surface area contributed by atoms with E-state index in [0.29, 0.717) is 16.7 Å². The van der Waals surface area contributed by atoms with Gasteiger partial charge in [-0.1, -0.05) is 55.8 Å². The summed E-state index contributed by atoms with van der Waals surface area (Å²) in [5.41, 5.74) is 2.89. The van der Waals surface area contributed by atoms with Gasteiger partial charge in [-0.2, -0.15) is 0 Å². The van der Waals surface area contributed by atoms with Crippen LogP contribution in [0.2, 0.25) is 5.02 Å². The van der Waals surface area contributed by atoms with E-state index in [4.69, 9.17) is 16.3 Å². The van der Waals surface area contributed by atoms with E-state index in [2.05, 4.69) is 26.0 Å². The molecule has 0 aliphatic carbocycles. The molecule has 2 aromatic rings. The second-order valence-electron chi connectivity index (χ2n) is 5.64. The molecule has 3 heteroatoms. The number of hydrogen-bond donors (Lipinski definition) is 1. The van der Waals surface area contributed by atoms with Crippen molar-refractivity contribution >= 4 is 11.6 Å². The Morgan fingerprint density at radius 3 is 2.43 bits per heavy atom. The van der Waals surface area contributed by atoms with E-state index in [1.54, 1.807) is 19.2 Å². The zero-order valence-electron chi connectivity index (χ0n) is 12.6. The molecule has 0 aliphatic heterocycles. The molecular formula is C18H21ClO2. The zero-order chi connectivity index (χ0) is 15.4. The number of rotatable bonds is 5. The Morgan fingerprint density at radius 1 is 1.10 bits per heavy atom. The first-order chi connectivity index (χ1) is 10.0. The third-order valence-corrected chi connectivity index (χ3v) is 3.70. The van der Waals surface area contributed by atoms with Crippen LogP contribution in [0.3, 0.4) is 0 Å². The third-order valence-electron chi connectivity index (χ3n) is 3.40. The lowest BCUT2D eigenvalue weighted by Crippen LogP contribution is -2.02. The lowest BCUT2D eigenvalue weighted by molar-refractivity contribution is 0.220. The fraction of sp³-hybridized carbons (Fsp3) is 0.333. The highest BCUT2D eigenvalue weighted by Gasteiger charge is 2.13. The van der Waals surface area contributed by atoms with Gasteiger partial charge in [0.2, 0.25) is 0 Å². The van der Waals surface area contributed by atoms with E-state index < -0.39 is 6.10 Å². The van der Waals surface area contributed by atoms with Gasteiger partial charge in [-0.25, -0.2) is 0 Å². The summed E-state index contributed by atoms with van der Waals surface area (Å²) >= 11 is 6.13. The molecule has 2 nitrogen and oxygen atoms in total. The van der Waals surface area contributed by atoms with Crippen molar-refractivity contribution in [1.29, 1.82) is 0 Å². The molecule has 1 atom stereocenters. The maximum absolute atomic E-state index is 10.5. The van der Waals surface area contributed by atoms with E-state index in [1.807, 2.05) is 18.2 Å². The molecular weight excluding hydrogens is 284 g/mol. The number of benzene rings is 2. The fourth-order valence-corrected chi connectivity index (χ4v) is 2.67. The smallest absolute Gasteiger partial charge is 0.137 e. The van der Waals surface area contributed by atoms with Crippen LogP contribution in [-0.2, 0) is 6.42 Å². The molecule has 2 rings (SSSR count). The molecule has 112 valence electrons. The number of aliphatic hydroxyl groups is 1. The Morgan fingerprint density at radius 2 is 1.81 bits per heavy atom. The van der Waals surface area contributed by atoms with Crippen molar-refractivity contribution in [1.82, 2.24) is 0 Å². The molecule has 0 saturated heterocycles. The van der Waals surface area contributed by atoms with Gasteiger partial charge in [0.05, 0.1) is 12.1 Å². The van der Waals surface area contributed by atoms with Crippen molar-refractivity contribution < 1.29 is 9.84 Å². The van der Waals surface area contributed by atoms with Crippen molar-refractivity contribution in [3.05, 3.63) is 64.2 Å². The number of methoxy groups -OCH3 is 1. The topological polar surface area (TPSA) is 29.5 Å². The molecule has 2 aromatic carbocycles. The minimum atomic E-state index is -0.680. The minimum absolute atomic E-state index is 0.507. The van der Waals surface area contributed by atoms with E-state index in [9.17, 15) is 5.11 Å². The van der Waals surface area contributed by atoms with Crippen molar-refractivity contribution in [3.63, 3.8) is 0 Å². The molecule has 0 radical (unpaired) electrons. The second-order valence-corrected chi connectivity index (χ2v) is 6.05. The normalized spacial score (nSPS) is 12.5. The lowest BCUT2D eigenvalue weighted by Gasteiger charge is -2.15. The average Bonchev–Trinajstić information content (AvgIpc) is 2.46. The first-order valence-corrected chi connectivity index (χ1v) is 7.49. The molecule has 0 bridgehead atoms. The summed E-state index contributed by atoms with van der Waals surface area (Å²) in [7, 11) is 1.58. The maximum Gasteiger partial charge on any atom is 0.137 e. The molecule has 0 amide bonds. The van der Waals surface area contributed by atoms with Gasteiger partial charge in [-0.05, 0) is 41.2 Å². The summed E-state index contributed by atoms with van der Waals surface area (Å²) in [5, 5.41) is 11.0. The van der Waals surface area contributed by atoms with Crippen LogP contribution in [0.15, 0.2) is 42.5 Å². The SMILES string of the molecule is COc1ccc(C(O)c2cccc(CC(C)C)c2)cc1Cl. The van der Waals surface area contributed by atoms with Gasteiger partial charge >= 0.3 is 0 Å². The van der Waals surface area contributed by atoms with Crippen LogP contribution >= 0.6 is 11.6 Å². The quantitative estimate of drug-likeness (QED) is 0.872. The Bertz CT molecular complexity index is 608. The standard InChI is InChI=1S/C18H21ClO2/c1-12(2)9-13-5-4-6-14(10-13)18(20)15-7-8-17(21-3)16(19)11-15/h4-8,10-12,18,20H,9H2,1-3H3. The van der Waals surface area contributed by atoms with Crippen LogP contribution in [0.25, 0.3) is 0 Å². The van der Waals surface area contributed by atoms with Gasteiger partial charge in [-0.15, -0.1) is 0 Å². The number of halogens is 1. The van der Waals surface area contributed by atoms with E-state index in [1.165, 1.54) is 5.56 Å². The van der Waals surface area contributed by atoms with E-state index in [0.717, 1.165) is 17.5 Å². The largest absolute Gasteiger partial charge is 0.495 e. The monoisotopic (exact) mass is 304 g/mol. The second kappa shape index (κ2) is 6.97. The number of hydrogen-bond acceptors (Lipinski definition) is 2. The zero-order valence-corrected chi connectivity index (χ0v) is 13.4. The summed E-state index contributed by atoms with van der Waals surface area (Å²) in [4.78, 5) is 0. The van der Waals surface area contributed by atoms with Crippen LogP contribution in [0, 0.1) is 5.92 Å². The van der Waals surface area contributed by atoms with Crippen molar-refractivity contribution in [2.45, 2.75) is 26.4 Å². The molecule has 0 spiro atoms. The summed E-state index contributed by atoms with van der Waals surface area (Å²) in [5.74, 6) is 1.20. The molecule has 0 heterocycles. The fourth-order valence-electron chi connectivity index (χ4n) is 2.41. The van der Waals surface area contributed by atoms with Crippen LogP contribution < -0.4 is 4.74 Å². The highest BCUT2D eigenvalue weighted by molar-refractivity contribution is 6.32. The highest BCUT2D eigenvalue weighted by atomic mass is 35.5. The third kappa shape index (κ3) is 3.99. The summed E-state index contributed by atoms with van der Waals surface area (Å²) in [6, 6.07) is 13.4. The highest BCUT2D eigenvalue weighted by Crippen LogP contribution is 2.30. The summed E-state index contributed by atoms with van der Waals surface area (Å²) in [6.07, 6.45) is 0.324. The minimum Gasteiger partial charge on any atom is -0.495 e. The Kier molecular flexibility index (Phi) is 5.27. The van der Waals surface area contributed by atoms with E-state index in [-0.39, 0.29) is 0 Å². The van der Waals surface area contributed by atoms with Gasteiger partial charge in [0, 0.05) is 0 Å². The van der Waals surface area contributed by atoms with Crippen LogP contribution in [0.5, 0.6) is 5.75 Å². The molecule has 1 N–H and O–H groups in total. The van der Waals surface area contributed by atoms with Crippen LogP contribution in [0.4, 0.5) is 0 Å². The molecule has 1 unspecified atom stereocenters. The molecule has 0 aromatic heterocycles. The first kappa shape index (κ1) is 15.9. The lowest BCUT2D eigenvalue weighted by atomic mass is 9.96. The van der Waals surface area contributed by atoms with Gasteiger partial charge < -0.3 is 9.84 Å². The average molecular weight is 305 g/mol. The molecule has 21 heavy (non-hydrogen) atoms. The van der Waals surface area contributed by atoms with Gasteiger partial charge in [0.1, 0.15) is 11.9 Å². The Hall–Kier alpha value is -1.51.